The van der Waals surface area contributed by atoms with Crippen molar-refractivity contribution in [3.05, 3.63) is 42.0 Å². The van der Waals surface area contributed by atoms with Crippen molar-refractivity contribution in [3.8, 4) is 5.75 Å². The van der Waals surface area contributed by atoms with Crippen LogP contribution in [0.15, 0.2) is 35.6 Å². The van der Waals surface area contributed by atoms with Crippen LogP contribution >= 0.6 is 11.8 Å². The van der Waals surface area contributed by atoms with E-state index in [1.165, 1.54) is 24.3 Å². The summed E-state index contributed by atoms with van der Waals surface area (Å²) in [6.45, 7) is 0. The molecule has 1 aromatic carbocycles. The van der Waals surface area contributed by atoms with Gasteiger partial charge in [0.25, 0.3) is 0 Å². The fraction of sp³-hybridized carbons (Fsp3) is 0.154. The second-order valence-electron chi connectivity index (χ2n) is 3.89. The van der Waals surface area contributed by atoms with Gasteiger partial charge in [-0.15, -0.1) is 11.8 Å². The highest BCUT2D eigenvalue weighted by Crippen LogP contribution is 2.33. The molecular weight excluding hydrogens is 278 g/mol. The minimum Gasteiger partial charge on any atom is -0.496 e. The fourth-order valence-electron chi connectivity index (χ4n) is 1.60. The van der Waals surface area contributed by atoms with Gasteiger partial charge in [0.1, 0.15) is 17.6 Å². The second kappa shape index (κ2) is 6.25. The number of hydrogen-bond donors (Lipinski definition) is 2. The first-order valence-electron chi connectivity index (χ1n) is 5.70. The summed E-state index contributed by atoms with van der Waals surface area (Å²) < 4.78 is 5.24. The minimum absolute atomic E-state index is 0.106. The summed E-state index contributed by atoms with van der Waals surface area (Å²) in [5.74, 6) is 0.0242. The number of nitrogens with zero attached hydrogens (tertiary/aromatic N) is 2. The predicted molar refractivity (Wildman–Crippen MR) is 76.0 cm³/mol. The summed E-state index contributed by atoms with van der Waals surface area (Å²) in [6, 6.07) is 5.32. The van der Waals surface area contributed by atoms with E-state index in [0.717, 1.165) is 4.90 Å². The van der Waals surface area contributed by atoms with E-state index in [4.69, 9.17) is 15.6 Å². The Hall–Kier alpha value is -2.28. The van der Waals surface area contributed by atoms with Crippen LogP contribution in [0.1, 0.15) is 16.1 Å². The number of aromatic carboxylic acids is 1. The van der Waals surface area contributed by atoms with Gasteiger partial charge in [0.15, 0.2) is 0 Å². The number of nitrogens with two attached hydrogens (primary N) is 1. The van der Waals surface area contributed by atoms with Crippen LogP contribution in [0.4, 0.5) is 5.69 Å². The zero-order valence-corrected chi connectivity index (χ0v) is 11.6. The number of hydrogen-bond acceptors (Lipinski definition) is 6. The highest BCUT2D eigenvalue weighted by Gasteiger charge is 2.13. The molecule has 20 heavy (non-hydrogen) atoms. The van der Waals surface area contributed by atoms with Gasteiger partial charge in [-0.25, -0.2) is 14.8 Å². The van der Waals surface area contributed by atoms with Crippen molar-refractivity contribution in [1.82, 2.24) is 9.97 Å². The lowest BCUT2D eigenvalue weighted by atomic mass is 10.2. The number of anilines is 1. The van der Waals surface area contributed by atoms with Crippen LogP contribution < -0.4 is 10.5 Å². The fourth-order valence-corrected chi connectivity index (χ4v) is 2.57. The lowest BCUT2D eigenvalue weighted by molar-refractivity contribution is 0.0695. The third-order valence-electron chi connectivity index (χ3n) is 2.58. The number of benzene rings is 1. The number of methoxy groups -OCH3 is 1. The van der Waals surface area contributed by atoms with Crippen LogP contribution in [-0.4, -0.2) is 28.2 Å². The largest absolute Gasteiger partial charge is 0.496 e. The Morgan fingerprint density at radius 2 is 2.30 bits per heavy atom. The normalized spacial score (nSPS) is 10.2. The molecule has 3 N–H and O–H groups in total. The van der Waals surface area contributed by atoms with E-state index in [2.05, 4.69) is 9.97 Å². The van der Waals surface area contributed by atoms with Crippen molar-refractivity contribution in [1.29, 1.82) is 0 Å². The average Bonchev–Trinajstić information content (AvgIpc) is 2.46. The second-order valence-corrected chi connectivity index (χ2v) is 4.90. The smallest absolute Gasteiger partial charge is 0.339 e. The molecule has 0 radical (unpaired) electrons. The summed E-state index contributed by atoms with van der Waals surface area (Å²) in [4.78, 5) is 19.7. The highest BCUT2D eigenvalue weighted by molar-refractivity contribution is 7.98. The standard InChI is InChI=1S/C13H13N3O3S/c1-19-11-4-8(14)2-3-12(11)20-6-10-9(13(17)18)5-15-7-16-10/h2-5,7H,6,14H2,1H3,(H,17,18). The van der Waals surface area contributed by atoms with Crippen LogP contribution in [0.5, 0.6) is 5.75 Å². The van der Waals surface area contributed by atoms with Gasteiger partial charge in [-0.3, -0.25) is 0 Å². The molecule has 7 heteroatoms. The first-order chi connectivity index (χ1) is 9.61. The number of carboxylic acids is 1. The number of thioether (sulfide) groups is 1. The molecule has 104 valence electrons. The zero-order valence-electron chi connectivity index (χ0n) is 10.7. The van der Waals surface area contributed by atoms with Crippen molar-refractivity contribution < 1.29 is 14.6 Å². The van der Waals surface area contributed by atoms with E-state index in [0.29, 0.717) is 22.9 Å². The molecule has 0 aliphatic carbocycles. The molecule has 0 fully saturated rings. The van der Waals surface area contributed by atoms with Crippen molar-refractivity contribution in [3.63, 3.8) is 0 Å². The van der Waals surface area contributed by atoms with Crippen molar-refractivity contribution in [2.45, 2.75) is 10.6 Å². The van der Waals surface area contributed by atoms with E-state index in [1.54, 1.807) is 19.2 Å². The number of rotatable bonds is 5. The third-order valence-corrected chi connectivity index (χ3v) is 3.64. The maximum atomic E-state index is 11.1. The SMILES string of the molecule is COc1cc(N)ccc1SCc1ncncc1C(=O)O. The molecule has 0 aliphatic heterocycles. The molecule has 6 nitrogen and oxygen atoms in total. The lowest BCUT2D eigenvalue weighted by Gasteiger charge is -2.09. The number of carboxylic acid groups (broad SMARTS) is 1. The molecule has 1 heterocycles. The van der Waals surface area contributed by atoms with Gasteiger partial charge in [0.05, 0.1) is 12.8 Å². The molecule has 0 aliphatic rings. The summed E-state index contributed by atoms with van der Waals surface area (Å²) in [5, 5.41) is 9.07. The quantitative estimate of drug-likeness (QED) is 0.642. The van der Waals surface area contributed by atoms with Gasteiger partial charge in [-0.05, 0) is 12.1 Å². The van der Waals surface area contributed by atoms with Crippen LogP contribution in [0.2, 0.25) is 0 Å². The number of aromatic nitrogens is 2. The maximum absolute atomic E-state index is 11.1. The number of ether oxygens (including phenoxy) is 1. The average molecular weight is 291 g/mol. The Labute approximate surface area is 120 Å². The first-order valence-corrected chi connectivity index (χ1v) is 6.69. The van der Waals surface area contributed by atoms with Gasteiger partial charge in [-0.2, -0.15) is 0 Å². The summed E-state index contributed by atoms with van der Waals surface area (Å²) >= 11 is 1.43. The van der Waals surface area contributed by atoms with Gasteiger partial charge >= 0.3 is 5.97 Å². The Morgan fingerprint density at radius 3 is 3.00 bits per heavy atom. The van der Waals surface area contributed by atoms with Gasteiger partial charge in [0, 0.05) is 28.6 Å². The Balaban J connectivity index is 2.19. The van der Waals surface area contributed by atoms with E-state index in [1.807, 2.05) is 6.07 Å². The molecule has 2 aromatic rings. The molecular formula is C13H13N3O3S. The van der Waals surface area contributed by atoms with E-state index < -0.39 is 5.97 Å². The highest BCUT2D eigenvalue weighted by atomic mass is 32.2. The molecule has 0 spiro atoms. The predicted octanol–water partition coefficient (Wildman–Crippen LogP) is 2.06. The van der Waals surface area contributed by atoms with Crippen LogP contribution in [0.3, 0.4) is 0 Å². The molecule has 0 atom stereocenters. The van der Waals surface area contributed by atoms with Crippen LogP contribution in [0.25, 0.3) is 0 Å². The van der Waals surface area contributed by atoms with Crippen LogP contribution in [0, 0.1) is 0 Å². The Bertz CT molecular complexity index is 634. The van der Waals surface area contributed by atoms with Crippen molar-refractivity contribution in [2.24, 2.45) is 0 Å². The summed E-state index contributed by atoms with van der Waals surface area (Å²) in [5.41, 5.74) is 6.87. The van der Waals surface area contributed by atoms with Gasteiger partial charge < -0.3 is 15.6 Å². The molecule has 0 saturated carbocycles. The molecule has 0 amide bonds. The maximum Gasteiger partial charge on any atom is 0.339 e. The first kappa shape index (κ1) is 14.1. The minimum atomic E-state index is -1.04. The van der Waals surface area contributed by atoms with Crippen LogP contribution in [-0.2, 0) is 5.75 Å². The van der Waals surface area contributed by atoms with Gasteiger partial charge in [-0.1, -0.05) is 0 Å². The molecule has 0 unspecified atom stereocenters. The van der Waals surface area contributed by atoms with Gasteiger partial charge in [0.2, 0.25) is 0 Å². The zero-order chi connectivity index (χ0) is 14.5. The van der Waals surface area contributed by atoms with E-state index in [9.17, 15) is 4.79 Å². The lowest BCUT2D eigenvalue weighted by Crippen LogP contribution is -2.04. The molecule has 0 saturated heterocycles. The van der Waals surface area contributed by atoms with Crippen molar-refractivity contribution in [2.75, 3.05) is 12.8 Å². The number of carbonyl (C=O) groups is 1. The molecule has 1 aromatic heterocycles. The Kier molecular flexibility index (Phi) is 4.41. The summed E-state index contributed by atoms with van der Waals surface area (Å²) in [7, 11) is 1.56. The topological polar surface area (TPSA) is 98.3 Å². The Morgan fingerprint density at radius 1 is 1.50 bits per heavy atom. The van der Waals surface area contributed by atoms with E-state index in [-0.39, 0.29) is 5.56 Å². The third kappa shape index (κ3) is 3.18. The van der Waals surface area contributed by atoms with E-state index >= 15 is 0 Å². The van der Waals surface area contributed by atoms with Crippen molar-refractivity contribution >= 4 is 23.4 Å². The summed E-state index contributed by atoms with van der Waals surface area (Å²) in [6.07, 6.45) is 2.63. The molecule has 2 rings (SSSR count). The molecule has 0 bridgehead atoms. The monoisotopic (exact) mass is 291 g/mol. The number of nitrogen functional groups attached to an aromatic ring is 1.